The predicted octanol–water partition coefficient (Wildman–Crippen LogP) is 2.76. The molecule has 2 aromatic rings. The monoisotopic (exact) mass is 532 g/mol. The second-order valence-corrected chi connectivity index (χ2v) is 9.16. The van der Waals surface area contributed by atoms with Crippen LogP contribution in [0.25, 0.3) is 0 Å². The average molecular weight is 533 g/mol. The van der Waals surface area contributed by atoms with Crippen molar-refractivity contribution in [2.75, 3.05) is 13.2 Å². The number of carboxylic acid groups (broad SMARTS) is 1. The summed E-state index contributed by atoms with van der Waals surface area (Å²) < 4.78 is 10.7. The fourth-order valence-corrected chi connectivity index (χ4v) is 3.18. The third kappa shape index (κ3) is 9.92. The molecule has 11 heteroatoms. The Labute approximate surface area is 219 Å². The van der Waals surface area contributed by atoms with Crippen molar-refractivity contribution in [1.29, 1.82) is 0 Å². The minimum absolute atomic E-state index is 0.0900. The van der Waals surface area contributed by atoms with Crippen LogP contribution in [0.5, 0.6) is 5.75 Å². The summed E-state index contributed by atoms with van der Waals surface area (Å²) in [6, 6.07) is 12.3. The van der Waals surface area contributed by atoms with Crippen LogP contribution in [0.1, 0.15) is 49.5 Å². The molecular weight excluding hydrogens is 504 g/mol. The second-order valence-electron chi connectivity index (χ2n) is 8.73. The first-order valence-corrected chi connectivity index (χ1v) is 11.8. The number of halogens is 1. The zero-order valence-electron chi connectivity index (χ0n) is 20.7. The van der Waals surface area contributed by atoms with Gasteiger partial charge in [-0.1, -0.05) is 11.6 Å². The zero-order valence-corrected chi connectivity index (χ0v) is 21.5. The Morgan fingerprint density at radius 2 is 1.51 bits per heavy atom. The Hall–Kier alpha value is -3.92. The van der Waals surface area contributed by atoms with Gasteiger partial charge in [-0.25, -0.2) is 4.79 Å². The molecule has 1 atom stereocenters. The van der Waals surface area contributed by atoms with E-state index in [1.165, 1.54) is 13.8 Å². The molecule has 1 unspecified atom stereocenters. The molecule has 0 bridgehead atoms. The summed E-state index contributed by atoms with van der Waals surface area (Å²) in [5.41, 5.74) is -0.545. The van der Waals surface area contributed by atoms with Crippen LogP contribution in [0.3, 0.4) is 0 Å². The molecule has 0 aromatic heterocycles. The maximum atomic E-state index is 12.6. The van der Waals surface area contributed by atoms with Crippen molar-refractivity contribution in [1.82, 2.24) is 10.6 Å². The van der Waals surface area contributed by atoms with Gasteiger partial charge in [0.05, 0.1) is 6.54 Å². The highest BCUT2D eigenvalue weighted by Gasteiger charge is 2.32. The van der Waals surface area contributed by atoms with Crippen LogP contribution in [0.2, 0.25) is 5.02 Å². The topological polar surface area (TPSA) is 148 Å². The van der Waals surface area contributed by atoms with Gasteiger partial charge in [0, 0.05) is 28.6 Å². The Balaban J connectivity index is 1.80. The van der Waals surface area contributed by atoms with E-state index in [-0.39, 0.29) is 31.2 Å². The molecule has 0 heterocycles. The van der Waals surface area contributed by atoms with E-state index in [0.29, 0.717) is 21.9 Å². The van der Waals surface area contributed by atoms with Gasteiger partial charge in [-0.15, -0.1) is 0 Å². The standard InChI is InChI=1S/C26H29ClN2O8/c1-16(4-13-23(32)33)29-21(30)14-28-22(31)15-36-25(35)26(2,3)37-20-11-7-18(8-12-20)24(34)17-5-9-19(27)10-6-17/h5-12,16H,4,13-15H2,1-3H3,(H,28,31)(H,29,30)(H,32,33). The van der Waals surface area contributed by atoms with Crippen molar-refractivity contribution in [3.05, 3.63) is 64.7 Å². The molecule has 0 saturated carbocycles. The fraction of sp³-hybridized carbons (Fsp3) is 0.346. The number of hydrogen-bond acceptors (Lipinski definition) is 7. The molecule has 0 aliphatic rings. The van der Waals surface area contributed by atoms with Gasteiger partial charge in [0.2, 0.25) is 5.91 Å². The first kappa shape index (κ1) is 29.3. The van der Waals surface area contributed by atoms with Crippen LogP contribution in [0, 0.1) is 0 Å². The summed E-state index contributed by atoms with van der Waals surface area (Å²) in [6.45, 7) is 3.60. The normalized spacial score (nSPS) is 11.7. The Morgan fingerprint density at radius 1 is 0.946 bits per heavy atom. The molecule has 0 aliphatic heterocycles. The first-order chi connectivity index (χ1) is 17.4. The van der Waals surface area contributed by atoms with Crippen LogP contribution in [-0.2, 0) is 23.9 Å². The Bertz CT molecular complexity index is 1130. The third-order valence-electron chi connectivity index (χ3n) is 5.07. The highest BCUT2D eigenvalue weighted by atomic mass is 35.5. The lowest BCUT2D eigenvalue weighted by molar-refractivity contribution is -0.162. The van der Waals surface area contributed by atoms with E-state index in [1.807, 2.05) is 0 Å². The molecule has 198 valence electrons. The van der Waals surface area contributed by atoms with Gasteiger partial charge in [0.15, 0.2) is 18.0 Å². The molecule has 2 amide bonds. The molecule has 0 radical (unpaired) electrons. The summed E-state index contributed by atoms with van der Waals surface area (Å²) >= 11 is 5.85. The van der Waals surface area contributed by atoms with E-state index in [2.05, 4.69) is 10.6 Å². The zero-order chi connectivity index (χ0) is 27.6. The highest BCUT2D eigenvalue weighted by Crippen LogP contribution is 2.22. The number of amides is 2. The number of ether oxygens (including phenoxy) is 2. The number of carbonyl (C=O) groups excluding carboxylic acids is 4. The highest BCUT2D eigenvalue weighted by molar-refractivity contribution is 6.30. The van der Waals surface area contributed by atoms with Gasteiger partial charge < -0.3 is 25.2 Å². The van der Waals surface area contributed by atoms with Crippen molar-refractivity contribution >= 4 is 41.1 Å². The predicted molar refractivity (Wildman–Crippen MR) is 134 cm³/mol. The van der Waals surface area contributed by atoms with E-state index < -0.39 is 36.0 Å². The molecule has 0 saturated heterocycles. The number of nitrogens with one attached hydrogen (secondary N) is 2. The number of esters is 1. The van der Waals surface area contributed by atoms with E-state index in [1.54, 1.807) is 55.5 Å². The lowest BCUT2D eigenvalue weighted by Gasteiger charge is -2.24. The number of hydrogen-bond donors (Lipinski definition) is 3. The molecule has 0 aliphatic carbocycles. The number of carbonyl (C=O) groups is 5. The van der Waals surface area contributed by atoms with E-state index >= 15 is 0 Å². The van der Waals surface area contributed by atoms with Crippen molar-refractivity contribution < 1.29 is 38.6 Å². The van der Waals surface area contributed by atoms with Crippen molar-refractivity contribution in [3.63, 3.8) is 0 Å². The number of rotatable bonds is 13. The molecule has 2 aromatic carbocycles. The number of carboxylic acids is 1. The number of benzene rings is 2. The molecule has 3 N–H and O–H groups in total. The molecular formula is C26H29ClN2O8. The summed E-state index contributed by atoms with van der Waals surface area (Å²) in [5, 5.41) is 14.1. The quantitative estimate of drug-likeness (QED) is 0.263. The van der Waals surface area contributed by atoms with E-state index in [0.717, 1.165) is 0 Å². The minimum Gasteiger partial charge on any atom is -0.481 e. The Morgan fingerprint density at radius 3 is 2.08 bits per heavy atom. The van der Waals surface area contributed by atoms with Crippen molar-refractivity contribution in [2.24, 2.45) is 0 Å². The van der Waals surface area contributed by atoms with Gasteiger partial charge >= 0.3 is 11.9 Å². The van der Waals surface area contributed by atoms with Crippen LogP contribution in [-0.4, -0.2) is 59.4 Å². The SMILES string of the molecule is CC(CCC(=O)O)NC(=O)CNC(=O)COC(=O)C(C)(C)Oc1ccc(C(=O)c2ccc(Cl)cc2)cc1. The van der Waals surface area contributed by atoms with Gasteiger partial charge in [0.25, 0.3) is 5.91 Å². The molecule has 0 spiro atoms. The molecule has 37 heavy (non-hydrogen) atoms. The summed E-state index contributed by atoms with van der Waals surface area (Å²) in [4.78, 5) is 59.4. The number of aliphatic carboxylic acids is 1. The smallest absolute Gasteiger partial charge is 0.350 e. The van der Waals surface area contributed by atoms with Gasteiger partial charge in [-0.05, 0) is 75.7 Å². The second kappa shape index (κ2) is 13.4. The first-order valence-electron chi connectivity index (χ1n) is 11.4. The maximum absolute atomic E-state index is 12.6. The number of ketones is 1. The van der Waals surface area contributed by atoms with Crippen LogP contribution >= 0.6 is 11.6 Å². The lowest BCUT2D eigenvalue weighted by atomic mass is 10.0. The van der Waals surface area contributed by atoms with E-state index in [4.69, 9.17) is 26.2 Å². The van der Waals surface area contributed by atoms with Crippen LogP contribution in [0.4, 0.5) is 0 Å². The van der Waals surface area contributed by atoms with E-state index in [9.17, 15) is 24.0 Å². The van der Waals surface area contributed by atoms with Crippen molar-refractivity contribution in [2.45, 2.75) is 45.3 Å². The lowest BCUT2D eigenvalue weighted by Crippen LogP contribution is -2.44. The summed E-state index contributed by atoms with van der Waals surface area (Å²) in [7, 11) is 0. The summed E-state index contributed by atoms with van der Waals surface area (Å²) in [6.07, 6.45) is 0.163. The summed E-state index contributed by atoms with van der Waals surface area (Å²) in [5.74, 6) is -2.86. The third-order valence-corrected chi connectivity index (χ3v) is 5.32. The fourth-order valence-electron chi connectivity index (χ4n) is 3.05. The maximum Gasteiger partial charge on any atom is 0.350 e. The largest absolute Gasteiger partial charge is 0.481 e. The van der Waals surface area contributed by atoms with Gasteiger partial charge in [-0.3, -0.25) is 19.2 Å². The molecule has 2 rings (SSSR count). The van der Waals surface area contributed by atoms with Crippen molar-refractivity contribution in [3.8, 4) is 5.75 Å². The average Bonchev–Trinajstić information content (AvgIpc) is 2.85. The molecule has 0 fully saturated rings. The minimum atomic E-state index is -1.45. The van der Waals surface area contributed by atoms with Gasteiger partial charge in [-0.2, -0.15) is 0 Å². The van der Waals surface area contributed by atoms with Crippen LogP contribution in [0.15, 0.2) is 48.5 Å². The Kier molecular flexibility index (Phi) is 10.6. The molecule has 10 nitrogen and oxygen atoms in total. The van der Waals surface area contributed by atoms with Gasteiger partial charge in [0.1, 0.15) is 5.75 Å². The van der Waals surface area contributed by atoms with Crippen LogP contribution < -0.4 is 15.4 Å².